The molecule has 7 nitrogen and oxygen atoms in total. The predicted octanol–water partition coefficient (Wildman–Crippen LogP) is 1.53. The zero-order valence-corrected chi connectivity index (χ0v) is 14.3. The Hall–Kier alpha value is -2.54. The monoisotopic (exact) mass is 341 g/mol. The molecule has 4 rings (SSSR count). The minimum atomic E-state index is -0.288. The van der Waals surface area contributed by atoms with E-state index in [4.69, 9.17) is 16.2 Å². The van der Waals surface area contributed by atoms with Crippen molar-refractivity contribution in [2.75, 3.05) is 24.7 Å². The molecule has 1 unspecified atom stereocenters. The van der Waals surface area contributed by atoms with Crippen LogP contribution in [0, 0.1) is 0 Å². The van der Waals surface area contributed by atoms with Crippen LogP contribution in [0.3, 0.4) is 0 Å². The molecule has 5 N–H and O–H groups in total. The third-order valence-corrected chi connectivity index (χ3v) is 5.22. The number of carbonyl (C=O) groups is 1. The molecule has 2 aromatic rings. The highest BCUT2D eigenvalue weighted by Gasteiger charge is 2.33. The summed E-state index contributed by atoms with van der Waals surface area (Å²) in [6, 6.07) is 5.84. The maximum atomic E-state index is 13.2. The Morgan fingerprint density at radius 1 is 1.40 bits per heavy atom. The lowest BCUT2D eigenvalue weighted by Gasteiger charge is -2.27. The van der Waals surface area contributed by atoms with Crippen molar-refractivity contribution in [3.05, 3.63) is 35.0 Å². The molecular formula is C18H23N5O2. The van der Waals surface area contributed by atoms with Gasteiger partial charge in [-0.05, 0) is 37.3 Å². The fraction of sp³-hybridized carbons (Fsp3) is 0.444. The Bertz CT molecular complexity index is 829. The summed E-state index contributed by atoms with van der Waals surface area (Å²) in [4.78, 5) is 13.2. The molecule has 2 aliphatic rings. The summed E-state index contributed by atoms with van der Waals surface area (Å²) in [7, 11) is 1.63. The second kappa shape index (κ2) is 6.07. The van der Waals surface area contributed by atoms with E-state index in [1.54, 1.807) is 7.11 Å². The number of para-hydroxylation sites is 1. The number of methoxy groups -OCH3 is 1. The molecule has 0 radical (unpaired) electrons. The van der Waals surface area contributed by atoms with E-state index in [0.717, 1.165) is 41.1 Å². The van der Waals surface area contributed by atoms with E-state index in [2.05, 4.69) is 10.4 Å². The van der Waals surface area contributed by atoms with E-state index in [1.165, 1.54) is 4.68 Å². The first-order valence-electron chi connectivity index (χ1n) is 8.67. The number of nitrogens with zero attached hydrogens (tertiary/aromatic N) is 2. The first kappa shape index (κ1) is 16.0. The van der Waals surface area contributed by atoms with Gasteiger partial charge in [0.2, 0.25) is 0 Å². The number of hydrogen-bond donors (Lipinski definition) is 3. The van der Waals surface area contributed by atoms with Gasteiger partial charge in [-0.25, -0.2) is 0 Å². The number of rotatable bonds is 2. The van der Waals surface area contributed by atoms with Gasteiger partial charge in [0, 0.05) is 18.2 Å². The van der Waals surface area contributed by atoms with Gasteiger partial charge in [0.15, 0.2) is 0 Å². The number of aromatic nitrogens is 2. The Morgan fingerprint density at radius 3 is 3.04 bits per heavy atom. The molecule has 1 aromatic heterocycles. The second-order valence-electron chi connectivity index (χ2n) is 6.76. The van der Waals surface area contributed by atoms with Crippen LogP contribution in [0.15, 0.2) is 18.2 Å². The van der Waals surface area contributed by atoms with E-state index in [9.17, 15) is 4.79 Å². The molecule has 2 atom stereocenters. The molecule has 0 saturated heterocycles. The van der Waals surface area contributed by atoms with E-state index in [1.807, 2.05) is 18.2 Å². The fourth-order valence-corrected chi connectivity index (χ4v) is 3.89. The third kappa shape index (κ3) is 2.55. The number of nitrogen functional groups attached to an aromatic ring is 1. The molecule has 0 fully saturated rings. The highest BCUT2D eigenvalue weighted by Crippen LogP contribution is 2.39. The quantitative estimate of drug-likeness (QED) is 0.764. The van der Waals surface area contributed by atoms with Crippen LogP contribution >= 0.6 is 0 Å². The van der Waals surface area contributed by atoms with Crippen LogP contribution in [0.5, 0.6) is 5.75 Å². The molecule has 0 amide bonds. The van der Waals surface area contributed by atoms with Crippen molar-refractivity contribution in [1.82, 2.24) is 9.78 Å². The molecule has 0 saturated carbocycles. The number of carbonyl (C=O) groups excluding carboxylic acids is 1. The van der Waals surface area contributed by atoms with Gasteiger partial charge < -0.3 is 21.5 Å². The summed E-state index contributed by atoms with van der Waals surface area (Å²) >= 11 is 0. The van der Waals surface area contributed by atoms with E-state index >= 15 is 0 Å². The summed E-state index contributed by atoms with van der Waals surface area (Å²) in [5.74, 6) is 0.812. The van der Waals surface area contributed by atoms with Gasteiger partial charge in [0.05, 0.1) is 24.4 Å². The first-order valence-corrected chi connectivity index (χ1v) is 8.67. The van der Waals surface area contributed by atoms with Crippen molar-refractivity contribution in [2.45, 2.75) is 37.6 Å². The van der Waals surface area contributed by atoms with Crippen molar-refractivity contribution in [1.29, 1.82) is 0 Å². The summed E-state index contributed by atoms with van der Waals surface area (Å²) < 4.78 is 6.80. The van der Waals surface area contributed by atoms with Crippen LogP contribution in [0.25, 0.3) is 0 Å². The number of aryl methyl sites for hydroxylation is 1. The molecule has 1 aliphatic carbocycles. The van der Waals surface area contributed by atoms with Gasteiger partial charge in [0.25, 0.3) is 5.91 Å². The van der Waals surface area contributed by atoms with Crippen LogP contribution in [0.2, 0.25) is 0 Å². The number of hydrogen-bond acceptors (Lipinski definition) is 6. The standard InChI is InChI=1S/C18H23N5O2/c1-25-15-4-2-3-11-12(7-8-21-16(11)15)18(24)23-17(20)13-9-10(19)5-6-14(13)22-23/h2-4,10,12,21H,5-9,19-20H2,1H3/t10?,12-/m0/s1. The molecule has 1 aromatic carbocycles. The lowest BCUT2D eigenvalue weighted by molar-refractivity contribution is 0.0859. The Balaban J connectivity index is 1.72. The molecule has 1 aliphatic heterocycles. The van der Waals surface area contributed by atoms with Crippen molar-refractivity contribution in [3.63, 3.8) is 0 Å². The van der Waals surface area contributed by atoms with E-state index < -0.39 is 0 Å². The molecular weight excluding hydrogens is 318 g/mol. The molecule has 2 heterocycles. The smallest absolute Gasteiger partial charge is 0.256 e. The number of nitrogens with two attached hydrogens (primary N) is 2. The zero-order chi connectivity index (χ0) is 17.6. The average Bonchev–Trinajstić information content (AvgIpc) is 2.96. The highest BCUT2D eigenvalue weighted by molar-refractivity contribution is 5.91. The number of nitrogens with one attached hydrogen (secondary N) is 1. The normalized spacial score (nSPS) is 21.8. The number of ether oxygens (including phenoxy) is 1. The van der Waals surface area contributed by atoms with Crippen LogP contribution in [0.1, 0.15) is 40.4 Å². The minimum Gasteiger partial charge on any atom is -0.495 e. The maximum Gasteiger partial charge on any atom is 0.256 e. The molecule has 0 spiro atoms. The predicted molar refractivity (Wildman–Crippen MR) is 96.1 cm³/mol. The topological polar surface area (TPSA) is 108 Å². The number of anilines is 2. The summed E-state index contributed by atoms with van der Waals surface area (Å²) in [5.41, 5.74) is 16.0. The van der Waals surface area contributed by atoms with Gasteiger partial charge in [-0.2, -0.15) is 9.78 Å². The Labute approximate surface area is 146 Å². The Kier molecular flexibility index (Phi) is 3.88. The van der Waals surface area contributed by atoms with Crippen LogP contribution in [0.4, 0.5) is 11.5 Å². The lowest BCUT2D eigenvalue weighted by atomic mass is 9.89. The van der Waals surface area contributed by atoms with Gasteiger partial charge in [-0.1, -0.05) is 12.1 Å². The molecule has 25 heavy (non-hydrogen) atoms. The van der Waals surface area contributed by atoms with Gasteiger partial charge >= 0.3 is 0 Å². The molecule has 7 heteroatoms. The number of fused-ring (bicyclic) bond motifs is 2. The molecule has 0 bridgehead atoms. The summed E-state index contributed by atoms with van der Waals surface area (Å²) in [6.07, 6.45) is 3.04. The van der Waals surface area contributed by atoms with E-state index in [0.29, 0.717) is 25.2 Å². The Morgan fingerprint density at radius 2 is 2.24 bits per heavy atom. The maximum absolute atomic E-state index is 13.2. The van der Waals surface area contributed by atoms with Crippen molar-refractivity contribution >= 4 is 17.4 Å². The van der Waals surface area contributed by atoms with Crippen LogP contribution < -0.4 is 21.5 Å². The van der Waals surface area contributed by atoms with Gasteiger partial charge in [-0.15, -0.1) is 0 Å². The summed E-state index contributed by atoms with van der Waals surface area (Å²) in [6.45, 7) is 0.704. The molecule has 132 valence electrons. The van der Waals surface area contributed by atoms with Gasteiger partial charge in [0.1, 0.15) is 11.6 Å². The van der Waals surface area contributed by atoms with E-state index in [-0.39, 0.29) is 17.9 Å². The van der Waals surface area contributed by atoms with Gasteiger partial charge in [-0.3, -0.25) is 4.79 Å². The first-order chi connectivity index (χ1) is 12.1. The highest BCUT2D eigenvalue weighted by atomic mass is 16.5. The second-order valence-corrected chi connectivity index (χ2v) is 6.76. The largest absolute Gasteiger partial charge is 0.495 e. The lowest BCUT2D eigenvalue weighted by Crippen LogP contribution is -2.29. The van der Waals surface area contributed by atoms with Crippen molar-refractivity contribution < 1.29 is 9.53 Å². The number of benzene rings is 1. The third-order valence-electron chi connectivity index (χ3n) is 5.22. The average molecular weight is 341 g/mol. The van der Waals surface area contributed by atoms with Crippen molar-refractivity contribution in [3.8, 4) is 5.75 Å². The zero-order valence-electron chi connectivity index (χ0n) is 14.3. The summed E-state index contributed by atoms with van der Waals surface area (Å²) in [5, 5.41) is 7.84. The van der Waals surface area contributed by atoms with Crippen LogP contribution in [-0.4, -0.2) is 35.4 Å². The SMILES string of the molecule is COc1cccc2c1NCC[C@@H]2C(=O)n1nc2c(c1N)CC(N)CC2. The van der Waals surface area contributed by atoms with Crippen molar-refractivity contribution in [2.24, 2.45) is 5.73 Å². The fourth-order valence-electron chi connectivity index (χ4n) is 3.89. The van der Waals surface area contributed by atoms with Crippen LogP contribution in [-0.2, 0) is 12.8 Å². The minimum absolute atomic E-state index is 0.0866.